The summed E-state index contributed by atoms with van der Waals surface area (Å²) in [5.74, 6) is 0.757. The van der Waals surface area contributed by atoms with Crippen LogP contribution in [0, 0.1) is 6.92 Å². The van der Waals surface area contributed by atoms with E-state index in [1.807, 2.05) is 31.3 Å². The molecule has 0 saturated carbocycles. The quantitative estimate of drug-likeness (QED) is 0.762. The van der Waals surface area contributed by atoms with Crippen LogP contribution >= 0.6 is 15.9 Å². The molecule has 1 N–H and O–H groups in total. The molecule has 0 spiro atoms. The zero-order chi connectivity index (χ0) is 14.8. The van der Waals surface area contributed by atoms with Gasteiger partial charge >= 0.3 is 0 Å². The highest BCUT2D eigenvalue weighted by Gasteiger charge is 2.15. The van der Waals surface area contributed by atoms with Crippen molar-refractivity contribution < 1.29 is 4.42 Å². The average molecular weight is 345 g/mol. The first-order valence-corrected chi connectivity index (χ1v) is 7.74. The fraction of sp³-hybridized carbons (Fsp3) is 0.235. The molecule has 0 aliphatic rings. The maximum Gasteiger partial charge on any atom is 0.197 e. The van der Waals surface area contributed by atoms with Gasteiger partial charge in [-0.15, -0.1) is 0 Å². The normalized spacial score (nSPS) is 12.7. The monoisotopic (exact) mass is 344 g/mol. The summed E-state index contributed by atoms with van der Waals surface area (Å²) in [6, 6.07) is 14.4. The fourth-order valence-electron chi connectivity index (χ4n) is 2.39. The van der Waals surface area contributed by atoms with Crippen molar-refractivity contribution in [1.82, 2.24) is 10.3 Å². The summed E-state index contributed by atoms with van der Waals surface area (Å²) in [5.41, 5.74) is 4.20. The highest BCUT2D eigenvalue weighted by atomic mass is 79.9. The standard InChI is InChI=1S/C17H17BrN2O/c1-11-7-8-12(9-13(11)18)15(19-2)10-17-20-14-5-3-4-6-16(14)21-17/h3-9,15,19H,10H2,1-2H3. The average Bonchev–Trinajstić information content (AvgIpc) is 2.90. The molecule has 0 radical (unpaired) electrons. The van der Waals surface area contributed by atoms with Crippen molar-refractivity contribution >= 4 is 27.0 Å². The molecule has 3 nitrogen and oxygen atoms in total. The van der Waals surface area contributed by atoms with E-state index in [1.54, 1.807) is 0 Å². The van der Waals surface area contributed by atoms with Crippen LogP contribution in [-0.4, -0.2) is 12.0 Å². The van der Waals surface area contributed by atoms with Gasteiger partial charge in [0, 0.05) is 16.9 Å². The lowest BCUT2D eigenvalue weighted by Crippen LogP contribution is -2.19. The molecule has 1 aromatic heterocycles. The Morgan fingerprint density at radius 2 is 2.05 bits per heavy atom. The van der Waals surface area contributed by atoms with E-state index in [-0.39, 0.29) is 6.04 Å². The van der Waals surface area contributed by atoms with Crippen molar-refractivity contribution in [3.8, 4) is 0 Å². The van der Waals surface area contributed by atoms with Crippen molar-refractivity contribution in [3.63, 3.8) is 0 Å². The number of halogens is 1. The summed E-state index contributed by atoms with van der Waals surface area (Å²) in [6.45, 7) is 2.09. The molecular formula is C17H17BrN2O. The molecule has 0 bridgehead atoms. The number of hydrogen-bond acceptors (Lipinski definition) is 3. The number of nitrogens with one attached hydrogen (secondary N) is 1. The van der Waals surface area contributed by atoms with Gasteiger partial charge in [0.05, 0.1) is 0 Å². The Bertz CT molecular complexity index is 733. The van der Waals surface area contributed by atoms with Crippen LogP contribution in [0.2, 0.25) is 0 Å². The van der Waals surface area contributed by atoms with Crippen molar-refractivity contribution in [2.75, 3.05) is 7.05 Å². The molecule has 0 saturated heterocycles. The van der Waals surface area contributed by atoms with Crippen molar-refractivity contribution in [1.29, 1.82) is 0 Å². The predicted molar refractivity (Wildman–Crippen MR) is 88.4 cm³/mol. The molecule has 0 aliphatic carbocycles. The van der Waals surface area contributed by atoms with Crippen LogP contribution in [0.3, 0.4) is 0 Å². The molecular weight excluding hydrogens is 328 g/mol. The fourth-order valence-corrected chi connectivity index (χ4v) is 2.79. The lowest BCUT2D eigenvalue weighted by molar-refractivity contribution is 0.473. The molecule has 4 heteroatoms. The van der Waals surface area contributed by atoms with E-state index < -0.39 is 0 Å². The topological polar surface area (TPSA) is 38.1 Å². The molecule has 0 amide bonds. The second kappa shape index (κ2) is 6.00. The largest absolute Gasteiger partial charge is 0.441 e. The molecule has 108 valence electrons. The molecule has 1 atom stereocenters. The maximum absolute atomic E-state index is 5.81. The Balaban J connectivity index is 1.88. The Kier molecular flexibility index (Phi) is 4.08. The number of aromatic nitrogens is 1. The lowest BCUT2D eigenvalue weighted by Gasteiger charge is -2.15. The highest BCUT2D eigenvalue weighted by molar-refractivity contribution is 9.10. The summed E-state index contributed by atoms with van der Waals surface area (Å²) >= 11 is 3.59. The van der Waals surface area contributed by atoms with E-state index in [2.05, 4.69) is 51.4 Å². The van der Waals surface area contributed by atoms with Gasteiger partial charge in [-0.1, -0.05) is 40.2 Å². The molecule has 3 rings (SSSR count). The van der Waals surface area contributed by atoms with Gasteiger partial charge in [0.25, 0.3) is 0 Å². The van der Waals surface area contributed by atoms with Crippen LogP contribution in [0.25, 0.3) is 11.1 Å². The smallest absolute Gasteiger partial charge is 0.197 e. The lowest BCUT2D eigenvalue weighted by atomic mass is 10.0. The van der Waals surface area contributed by atoms with Crippen LogP contribution in [0.15, 0.2) is 51.4 Å². The van der Waals surface area contributed by atoms with Gasteiger partial charge in [0.15, 0.2) is 11.5 Å². The maximum atomic E-state index is 5.81. The second-order valence-corrected chi connectivity index (χ2v) is 5.98. The first-order chi connectivity index (χ1) is 10.2. The molecule has 0 aliphatic heterocycles. The zero-order valence-corrected chi connectivity index (χ0v) is 13.6. The third kappa shape index (κ3) is 3.01. The minimum Gasteiger partial charge on any atom is -0.441 e. The number of nitrogens with zero attached hydrogens (tertiary/aromatic N) is 1. The zero-order valence-electron chi connectivity index (χ0n) is 12.1. The molecule has 2 aromatic carbocycles. The van der Waals surface area contributed by atoms with Crippen molar-refractivity contribution in [3.05, 3.63) is 64.0 Å². The molecule has 21 heavy (non-hydrogen) atoms. The summed E-state index contributed by atoms with van der Waals surface area (Å²) in [7, 11) is 1.96. The van der Waals surface area contributed by atoms with E-state index in [1.165, 1.54) is 11.1 Å². The summed E-state index contributed by atoms with van der Waals surface area (Å²) in [4.78, 5) is 4.55. The van der Waals surface area contributed by atoms with E-state index in [9.17, 15) is 0 Å². The summed E-state index contributed by atoms with van der Waals surface area (Å²) in [6.07, 6.45) is 0.723. The van der Waals surface area contributed by atoms with Gasteiger partial charge < -0.3 is 9.73 Å². The number of hydrogen-bond donors (Lipinski definition) is 1. The van der Waals surface area contributed by atoms with Gasteiger partial charge in [0.2, 0.25) is 0 Å². The number of likely N-dealkylation sites (N-methyl/N-ethyl adjacent to an activating group) is 1. The Morgan fingerprint density at radius 3 is 2.76 bits per heavy atom. The van der Waals surface area contributed by atoms with Gasteiger partial charge in [-0.2, -0.15) is 0 Å². The predicted octanol–water partition coefficient (Wildman–Crippen LogP) is 4.40. The summed E-state index contributed by atoms with van der Waals surface area (Å²) in [5, 5.41) is 3.34. The number of benzene rings is 2. The van der Waals surface area contributed by atoms with Crippen LogP contribution < -0.4 is 5.32 Å². The van der Waals surface area contributed by atoms with Gasteiger partial charge in [-0.25, -0.2) is 4.98 Å². The third-order valence-electron chi connectivity index (χ3n) is 3.66. The Hall–Kier alpha value is -1.65. The van der Waals surface area contributed by atoms with Crippen LogP contribution in [0.4, 0.5) is 0 Å². The number of oxazole rings is 1. The van der Waals surface area contributed by atoms with Gasteiger partial charge in [-0.3, -0.25) is 0 Å². The van der Waals surface area contributed by atoms with Crippen molar-refractivity contribution in [2.24, 2.45) is 0 Å². The Morgan fingerprint density at radius 1 is 1.24 bits per heavy atom. The number of rotatable bonds is 4. The first kappa shape index (κ1) is 14.3. The SMILES string of the molecule is CNC(Cc1nc2ccccc2o1)c1ccc(C)c(Br)c1. The molecule has 1 unspecified atom stereocenters. The van der Waals surface area contributed by atoms with E-state index in [0.29, 0.717) is 0 Å². The van der Waals surface area contributed by atoms with Gasteiger partial charge in [-0.05, 0) is 43.3 Å². The van der Waals surface area contributed by atoms with Crippen LogP contribution in [-0.2, 0) is 6.42 Å². The molecule has 1 heterocycles. The second-order valence-electron chi connectivity index (χ2n) is 5.13. The Labute approximate surface area is 132 Å². The van der Waals surface area contributed by atoms with Crippen molar-refractivity contribution in [2.45, 2.75) is 19.4 Å². The number of para-hydroxylation sites is 2. The van der Waals surface area contributed by atoms with Crippen LogP contribution in [0.1, 0.15) is 23.1 Å². The number of aryl methyl sites for hydroxylation is 1. The molecule has 0 fully saturated rings. The van der Waals surface area contributed by atoms with E-state index >= 15 is 0 Å². The highest BCUT2D eigenvalue weighted by Crippen LogP contribution is 2.25. The van der Waals surface area contributed by atoms with E-state index in [4.69, 9.17) is 4.42 Å². The van der Waals surface area contributed by atoms with E-state index in [0.717, 1.165) is 27.9 Å². The van der Waals surface area contributed by atoms with Gasteiger partial charge in [0.1, 0.15) is 5.52 Å². The minimum absolute atomic E-state index is 0.176. The summed E-state index contributed by atoms with van der Waals surface area (Å²) < 4.78 is 6.94. The molecule has 3 aromatic rings. The minimum atomic E-state index is 0.176. The third-order valence-corrected chi connectivity index (χ3v) is 4.52. The number of fused-ring (bicyclic) bond motifs is 1. The van der Waals surface area contributed by atoms with Crippen LogP contribution in [0.5, 0.6) is 0 Å². The first-order valence-electron chi connectivity index (χ1n) is 6.95.